The van der Waals surface area contributed by atoms with E-state index in [1.807, 2.05) is 12.1 Å². The summed E-state index contributed by atoms with van der Waals surface area (Å²) in [6.45, 7) is 5.92. The zero-order valence-corrected chi connectivity index (χ0v) is 22.0. The average Bonchev–Trinajstić information content (AvgIpc) is 2.87. The number of benzene rings is 2. The number of carbonyl (C=O) groups excluding carboxylic acids is 1. The van der Waals surface area contributed by atoms with Crippen LogP contribution in [0.2, 0.25) is 5.02 Å². The molecule has 0 bridgehead atoms. The summed E-state index contributed by atoms with van der Waals surface area (Å²) in [5, 5.41) is 0.360. The number of hydrogen-bond acceptors (Lipinski definition) is 6. The second-order valence-corrected chi connectivity index (χ2v) is 9.74. The lowest BCUT2D eigenvalue weighted by Gasteiger charge is -2.31. The van der Waals surface area contributed by atoms with Crippen LogP contribution in [0.5, 0.6) is 17.2 Å². The van der Waals surface area contributed by atoms with E-state index in [1.165, 1.54) is 38.8 Å². The molecule has 1 aliphatic rings. The first-order chi connectivity index (χ1) is 16.9. The Morgan fingerprint density at radius 3 is 2.37 bits per heavy atom. The fourth-order valence-electron chi connectivity index (χ4n) is 4.68. The molecule has 1 aliphatic heterocycles. The van der Waals surface area contributed by atoms with E-state index in [4.69, 9.17) is 31.5 Å². The highest BCUT2D eigenvalue weighted by molar-refractivity contribution is 6.33. The lowest BCUT2D eigenvalue weighted by Crippen LogP contribution is -2.34. The molecule has 0 aliphatic carbocycles. The number of halogens is 1. The first-order valence-corrected chi connectivity index (χ1v) is 13.0. The Hall–Kier alpha value is -2.44. The number of piperidine rings is 1. The van der Waals surface area contributed by atoms with Gasteiger partial charge in [-0.3, -0.25) is 4.79 Å². The summed E-state index contributed by atoms with van der Waals surface area (Å²) in [7, 11) is 3.20. The third-order valence-corrected chi connectivity index (χ3v) is 7.06. The second kappa shape index (κ2) is 13.6. The summed E-state index contributed by atoms with van der Waals surface area (Å²) in [5.74, 6) is 2.70. The maximum Gasteiger partial charge on any atom is 0.166 e. The first-order valence-electron chi connectivity index (χ1n) is 12.6. The number of likely N-dealkylation sites (tertiary alicyclic amines) is 1. The minimum absolute atomic E-state index is 0.0202. The van der Waals surface area contributed by atoms with E-state index in [1.54, 1.807) is 32.4 Å². The number of nitrogen functional groups attached to an aromatic ring is 1. The molecule has 7 heteroatoms. The molecule has 0 unspecified atom stereocenters. The highest BCUT2D eigenvalue weighted by Crippen LogP contribution is 2.32. The maximum absolute atomic E-state index is 13.1. The topological polar surface area (TPSA) is 74.0 Å². The van der Waals surface area contributed by atoms with E-state index in [0.717, 1.165) is 30.9 Å². The summed E-state index contributed by atoms with van der Waals surface area (Å²) in [6, 6.07) is 8.79. The van der Waals surface area contributed by atoms with E-state index in [2.05, 4.69) is 11.8 Å². The number of ketones is 1. The van der Waals surface area contributed by atoms with Crippen LogP contribution < -0.4 is 19.9 Å². The molecule has 3 rings (SSSR count). The Balaban J connectivity index is 1.56. The molecule has 6 nitrogen and oxygen atoms in total. The van der Waals surface area contributed by atoms with Gasteiger partial charge in [0.2, 0.25) is 0 Å². The van der Waals surface area contributed by atoms with E-state index in [-0.39, 0.29) is 12.4 Å². The van der Waals surface area contributed by atoms with Gasteiger partial charge < -0.3 is 24.8 Å². The van der Waals surface area contributed by atoms with Gasteiger partial charge in [0, 0.05) is 18.6 Å². The van der Waals surface area contributed by atoms with Crippen LogP contribution in [0, 0.1) is 5.92 Å². The van der Waals surface area contributed by atoms with E-state index in [0.29, 0.717) is 39.9 Å². The van der Waals surface area contributed by atoms with Gasteiger partial charge in [0.05, 0.1) is 30.5 Å². The fraction of sp³-hybridized carbons (Fsp3) is 0.536. The molecule has 0 radical (unpaired) electrons. The van der Waals surface area contributed by atoms with Crippen molar-refractivity contribution >= 4 is 23.1 Å². The normalized spacial score (nSPS) is 14.6. The van der Waals surface area contributed by atoms with Crippen molar-refractivity contribution in [3.63, 3.8) is 0 Å². The van der Waals surface area contributed by atoms with Crippen molar-refractivity contribution in [1.29, 1.82) is 0 Å². The number of methoxy groups -OCH3 is 2. The molecule has 1 saturated heterocycles. The predicted molar refractivity (Wildman–Crippen MR) is 142 cm³/mol. The van der Waals surface area contributed by atoms with Crippen LogP contribution in [0.15, 0.2) is 30.3 Å². The zero-order chi connectivity index (χ0) is 25.2. The summed E-state index contributed by atoms with van der Waals surface area (Å²) < 4.78 is 16.7. The molecule has 0 atom stereocenters. The van der Waals surface area contributed by atoms with Crippen LogP contribution in [-0.2, 0) is 6.61 Å². The molecule has 0 saturated carbocycles. The van der Waals surface area contributed by atoms with Gasteiger partial charge in [-0.1, -0.05) is 31.4 Å². The van der Waals surface area contributed by atoms with Gasteiger partial charge in [0.15, 0.2) is 5.78 Å². The fourth-order valence-corrected chi connectivity index (χ4v) is 4.84. The number of nitrogens with zero attached hydrogens (tertiary/aromatic N) is 1. The Bertz CT molecular complexity index is 951. The van der Waals surface area contributed by atoms with E-state index >= 15 is 0 Å². The number of Topliss-reactive ketones (excluding diaryl/α,β-unsaturated/α-hetero) is 1. The van der Waals surface area contributed by atoms with Gasteiger partial charge in [-0.15, -0.1) is 0 Å². The van der Waals surface area contributed by atoms with Crippen molar-refractivity contribution in [3.8, 4) is 17.2 Å². The van der Waals surface area contributed by atoms with E-state index in [9.17, 15) is 4.79 Å². The first kappa shape index (κ1) is 27.2. The SMILES string of the molecule is CCCC1CCN(CCCCC(=O)c2cc(Cl)c(N)cc2OCc2cc(OC)cc(OC)c2)CC1. The average molecular weight is 503 g/mol. The molecule has 0 spiro atoms. The Morgan fingerprint density at radius 1 is 1.06 bits per heavy atom. The highest BCUT2D eigenvalue weighted by atomic mass is 35.5. The molecule has 2 N–H and O–H groups in total. The smallest absolute Gasteiger partial charge is 0.166 e. The van der Waals surface area contributed by atoms with Crippen LogP contribution in [0.1, 0.15) is 67.8 Å². The standard InChI is InChI=1S/C28H39ClN2O4/c1-4-7-20-9-12-31(13-10-20)11-6-5-8-27(32)24-17-25(29)26(30)18-28(24)35-19-21-14-22(33-2)16-23(15-21)34-3/h14-18,20H,4-13,19,30H2,1-3H3. The molecule has 2 aromatic carbocycles. The number of ether oxygens (including phenoxy) is 3. The second-order valence-electron chi connectivity index (χ2n) is 9.33. The van der Waals surface area contributed by atoms with Gasteiger partial charge >= 0.3 is 0 Å². The van der Waals surface area contributed by atoms with Crippen molar-refractivity contribution in [2.75, 3.05) is 39.6 Å². The minimum atomic E-state index is 0.0202. The number of rotatable bonds is 13. The number of unbranched alkanes of at least 4 members (excludes halogenated alkanes) is 1. The number of anilines is 1. The quantitative estimate of drug-likeness (QED) is 0.194. The lowest BCUT2D eigenvalue weighted by atomic mass is 9.92. The third kappa shape index (κ3) is 8.04. The van der Waals surface area contributed by atoms with Crippen molar-refractivity contribution < 1.29 is 19.0 Å². The minimum Gasteiger partial charge on any atom is -0.497 e. The Morgan fingerprint density at radius 2 is 1.74 bits per heavy atom. The van der Waals surface area contributed by atoms with Crippen LogP contribution in [0.25, 0.3) is 0 Å². The predicted octanol–water partition coefficient (Wildman–Crippen LogP) is 6.38. The van der Waals surface area contributed by atoms with Crippen molar-refractivity contribution in [1.82, 2.24) is 4.90 Å². The summed E-state index contributed by atoms with van der Waals surface area (Å²) in [5.41, 5.74) is 7.73. The monoisotopic (exact) mass is 502 g/mol. The summed E-state index contributed by atoms with van der Waals surface area (Å²) in [4.78, 5) is 15.6. The molecular formula is C28H39ClN2O4. The Kier molecular flexibility index (Phi) is 10.5. The number of hydrogen-bond donors (Lipinski definition) is 1. The molecule has 0 aromatic heterocycles. The molecular weight excluding hydrogens is 464 g/mol. The van der Waals surface area contributed by atoms with E-state index < -0.39 is 0 Å². The molecule has 0 amide bonds. The Labute approximate surface area is 214 Å². The third-order valence-electron chi connectivity index (χ3n) is 6.74. The lowest BCUT2D eigenvalue weighted by molar-refractivity contribution is 0.0972. The van der Waals surface area contributed by atoms with Crippen LogP contribution in [0.3, 0.4) is 0 Å². The molecule has 35 heavy (non-hydrogen) atoms. The highest BCUT2D eigenvalue weighted by Gasteiger charge is 2.19. The van der Waals surface area contributed by atoms with Crippen LogP contribution >= 0.6 is 11.6 Å². The van der Waals surface area contributed by atoms with Crippen molar-refractivity contribution in [3.05, 3.63) is 46.5 Å². The maximum atomic E-state index is 13.1. The van der Waals surface area contributed by atoms with Crippen LogP contribution in [0.4, 0.5) is 5.69 Å². The zero-order valence-electron chi connectivity index (χ0n) is 21.3. The summed E-state index contributed by atoms with van der Waals surface area (Å²) in [6.07, 6.45) is 7.53. The van der Waals surface area contributed by atoms with Crippen LogP contribution in [-0.4, -0.2) is 44.5 Å². The largest absolute Gasteiger partial charge is 0.497 e. The number of nitrogens with two attached hydrogens (primary N) is 1. The summed E-state index contributed by atoms with van der Waals surface area (Å²) >= 11 is 6.25. The molecule has 1 fully saturated rings. The molecule has 192 valence electrons. The van der Waals surface area contributed by atoms with Gasteiger partial charge in [0.25, 0.3) is 0 Å². The van der Waals surface area contributed by atoms with Gasteiger partial charge in [-0.2, -0.15) is 0 Å². The van der Waals surface area contributed by atoms with Gasteiger partial charge in [-0.25, -0.2) is 0 Å². The van der Waals surface area contributed by atoms with Gasteiger partial charge in [0.1, 0.15) is 23.9 Å². The van der Waals surface area contributed by atoms with Crippen molar-refractivity contribution in [2.24, 2.45) is 5.92 Å². The van der Waals surface area contributed by atoms with Gasteiger partial charge in [-0.05, 0) is 75.0 Å². The molecule has 1 heterocycles. The molecule has 2 aromatic rings. The van der Waals surface area contributed by atoms with Crippen molar-refractivity contribution in [2.45, 2.75) is 58.5 Å². The number of carbonyl (C=O) groups is 1.